The van der Waals surface area contributed by atoms with Gasteiger partial charge in [-0.3, -0.25) is 9.52 Å². The molecule has 0 aliphatic rings. The van der Waals surface area contributed by atoms with Crippen molar-refractivity contribution in [3.8, 4) is 0 Å². The van der Waals surface area contributed by atoms with Gasteiger partial charge in [-0.15, -0.1) is 0 Å². The first kappa shape index (κ1) is 21.4. The van der Waals surface area contributed by atoms with Crippen molar-refractivity contribution in [2.24, 2.45) is 0 Å². The van der Waals surface area contributed by atoms with Gasteiger partial charge in [-0.1, -0.05) is 30.3 Å². The number of para-hydroxylation sites is 1. The lowest BCUT2D eigenvalue weighted by Crippen LogP contribution is -2.18. The van der Waals surface area contributed by atoms with Crippen LogP contribution in [0.5, 0.6) is 0 Å². The maximum atomic E-state index is 13.1. The molecule has 0 aromatic heterocycles. The summed E-state index contributed by atoms with van der Waals surface area (Å²) in [5.41, 5.74) is -0.306. The van der Waals surface area contributed by atoms with Crippen LogP contribution in [0.2, 0.25) is 0 Å². The van der Waals surface area contributed by atoms with E-state index < -0.39 is 33.4 Å². The van der Waals surface area contributed by atoms with E-state index in [4.69, 9.17) is 0 Å². The molecule has 0 radical (unpaired) electrons. The highest BCUT2D eigenvalue weighted by molar-refractivity contribution is 7.92. The Labute approximate surface area is 171 Å². The second-order valence-electron chi connectivity index (χ2n) is 6.50. The van der Waals surface area contributed by atoms with Crippen LogP contribution in [0.15, 0.2) is 77.7 Å². The summed E-state index contributed by atoms with van der Waals surface area (Å²) >= 11 is 0. The van der Waals surface area contributed by atoms with Gasteiger partial charge in [0.25, 0.3) is 15.9 Å². The molecule has 0 saturated carbocycles. The average Bonchev–Trinajstić information content (AvgIpc) is 2.67. The molecule has 0 unspecified atom stereocenters. The minimum absolute atomic E-state index is 0.0981. The van der Waals surface area contributed by atoms with Crippen LogP contribution in [-0.2, 0) is 16.2 Å². The lowest BCUT2D eigenvalue weighted by molar-refractivity contribution is -0.136. The molecular weight excluding hydrogens is 417 g/mol. The molecule has 0 atom stereocenters. The average molecular weight is 434 g/mol. The quantitative estimate of drug-likeness (QED) is 0.589. The maximum Gasteiger partial charge on any atom is 0.418 e. The van der Waals surface area contributed by atoms with Crippen molar-refractivity contribution in [3.63, 3.8) is 0 Å². The summed E-state index contributed by atoms with van der Waals surface area (Å²) in [4.78, 5) is 12.3. The van der Waals surface area contributed by atoms with Gasteiger partial charge in [0.15, 0.2) is 0 Å². The number of carbonyl (C=O) groups excluding carboxylic acids is 1. The maximum absolute atomic E-state index is 13.1. The van der Waals surface area contributed by atoms with Gasteiger partial charge in [-0.05, 0) is 55.0 Å². The highest BCUT2D eigenvalue weighted by atomic mass is 32.2. The van der Waals surface area contributed by atoms with Crippen molar-refractivity contribution in [3.05, 3.63) is 89.5 Å². The molecule has 1 amide bonds. The number of amides is 1. The van der Waals surface area contributed by atoms with Gasteiger partial charge in [0, 0.05) is 11.3 Å². The second kappa shape index (κ2) is 8.19. The van der Waals surface area contributed by atoms with Crippen molar-refractivity contribution in [1.82, 2.24) is 0 Å². The smallest absolute Gasteiger partial charge is 0.321 e. The summed E-state index contributed by atoms with van der Waals surface area (Å²) in [6.45, 7) is 1.81. The molecule has 30 heavy (non-hydrogen) atoms. The predicted molar refractivity (Wildman–Crippen MR) is 108 cm³/mol. The molecule has 3 rings (SSSR count). The van der Waals surface area contributed by atoms with E-state index in [1.54, 1.807) is 18.2 Å². The Morgan fingerprint density at radius 2 is 1.60 bits per heavy atom. The standard InChI is InChI=1S/C21H17F3N2O3S/c1-14-6-4-8-16(12-14)26-30(28,29)17-9-5-7-15(13-17)20(27)25-19-11-3-2-10-18(19)21(22,23)24/h2-13,26H,1H3,(H,25,27). The van der Waals surface area contributed by atoms with E-state index in [2.05, 4.69) is 10.0 Å². The number of carbonyl (C=O) groups is 1. The molecule has 0 aliphatic carbocycles. The van der Waals surface area contributed by atoms with E-state index in [1.807, 2.05) is 13.0 Å². The first-order valence-corrected chi connectivity index (χ1v) is 10.2. The third-order valence-electron chi connectivity index (χ3n) is 4.16. The summed E-state index contributed by atoms with van der Waals surface area (Å²) in [5, 5.41) is 2.20. The molecule has 9 heteroatoms. The Morgan fingerprint density at radius 3 is 2.30 bits per heavy atom. The molecule has 3 aromatic rings. The molecule has 0 bridgehead atoms. The Kier molecular flexibility index (Phi) is 5.84. The molecule has 2 N–H and O–H groups in total. The number of rotatable bonds is 5. The van der Waals surface area contributed by atoms with Crippen LogP contribution in [0.1, 0.15) is 21.5 Å². The predicted octanol–water partition coefficient (Wildman–Crippen LogP) is 5.07. The lowest BCUT2D eigenvalue weighted by Gasteiger charge is -2.14. The number of hydrogen-bond donors (Lipinski definition) is 2. The van der Waals surface area contributed by atoms with E-state index in [0.29, 0.717) is 5.69 Å². The summed E-state index contributed by atoms with van der Waals surface area (Å²) in [6.07, 6.45) is -4.65. The van der Waals surface area contributed by atoms with Crippen molar-refractivity contribution in [2.45, 2.75) is 18.0 Å². The first-order valence-electron chi connectivity index (χ1n) is 8.73. The molecule has 5 nitrogen and oxygen atoms in total. The Bertz CT molecular complexity index is 1190. The number of sulfonamides is 1. The highest BCUT2D eigenvalue weighted by Gasteiger charge is 2.33. The van der Waals surface area contributed by atoms with Crippen molar-refractivity contribution >= 4 is 27.3 Å². The zero-order chi connectivity index (χ0) is 21.9. The van der Waals surface area contributed by atoms with E-state index in [0.717, 1.165) is 23.8 Å². The van der Waals surface area contributed by atoms with E-state index in [1.165, 1.54) is 30.3 Å². The third-order valence-corrected chi connectivity index (χ3v) is 5.54. The molecule has 0 spiro atoms. The summed E-state index contributed by atoms with van der Waals surface area (Å²) in [7, 11) is -4.00. The van der Waals surface area contributed by atoms with Crippen LogP contribution >= 0.6 is 0 Å². The van der Waals surface area contributed by atoms with Crippen LogP contribution in [0, 0.1) is 6.92 Å². The van der Waals surface area contributed by atoms with Crippen LogP contribution in [-0.4, -0.2) is 14.3 Å². The van der Waals surface area contributed by atoms with Crippen LogP contribution < -0.4 is 10.0 Å². The Morgan fingerprint density at radius 1 is 0.900 bits per heavy atom. The molecule has 156 valence electrons. The van der Waals surface area contributed by atoms with E-state index >= 15 is 0 Å². The number of hydrogen-bond acceptors (Lipinski definition) is 3. The molecule has 0 aliphatic heterocycles. The number of nitrogens with one attached hydrogen (secondary N) is 2. The third kappa shape index (κ3) is 4.98. The SMILES string of the molecule is Cc1cccc(NS(=O)(=O)c2cccc(C(=O)Nc3ccccc3C(F)(F)F)c2)c1. The van der Waals surface area contributed by atoms with Crippen LogP contribution in [0.25, 0.3) is 0 Å². The number of aryl methyl sites for hydroxylation is 1. The van der Waals surface area contributed by atoms with Gasteiger partial charge in [0.1, 0.15) is 0 Å². The lowest BCUT2D eigenvalue weighted by atomic mass is 10.1. The minimum atomic E-state index is -4.65. The summed E-state index contributed by atoms with van der Waals surface area (Å²) in [6, 6.07) is 16.3. The van der Waals surface area contributed by atoms with Crippen LogP contribution in [0.4, 0.5) is 24.5 Å². The van der Waals surface area contributed by atoms with Crippen molar-refractivity contribution in [2.75, 3.05) is 10.0 Å². The summed E-state index contributed by atoms with van der Waals surface area (Å²) in [5.74, 6) is -0.862. The summed E-state index contributed by atoms with van der Waals surface area (Å²) < 4.78 is 67.0. The molecule has 3 aromatic carbocycles. The van der Waals surface area contributed by atoms with Gasteiger partial charge < -0.3 is 5.32 Å². The molecule has 0 saturated heterocycles. The zero-order valence-electron chi connectivity index (χ0n) is 15.7. The van der Waals surface area contributed by atoms with Gasteiger partial charge in [0.2, 0.25) is 0 Å². The van der Waals surface area contributed by atoms with E-state index in [9.17, 15) is 26.4 Å². The molecule has 0 fully saturated rings. The number of anilines is 2. The fourth-order valence-electron chi connectivity index (χ4n) is 2.76. The van der Waals surface area contributed by atoms with Gasteiger partial charge in [-0.2, -0.15) is 13.2 Å². The van der Waals surface area contributed by atoms with E-state index in [-0.39, 0.29) is 10.5 Å². The zero-order valence-corrected chi connectivity index (χ0v) is 16.5. The monoisotopic (exact) mass is 434 g/mol. The largest absolute Gasteiger partial charge is 0.418 e. The number of alkyl halides is 3. The number of benzene rings is 3. The Balaban J connectivity index is 1.86. The fourth-order valence-corrected chi connectivity index (χ4v) is 3.86. The first-order chi connectivity index (χ1) is 14.1. The van der Waals surface area contributed by atoms with Crippen LogP contribution in [0.3, 0.4) is 0 Å². The Hall–Kier alpha value is -3.33. The van der Waals surface area contributed by atoms with Gasteiger partial charge >= 0.3 is 6.18 Å². The van der Waals surface area contributed by atoms with Gasteiger partial charge in [-0.25, -0.2) is 8.42 Å². The number of halogens is 3. The molecular formula is C21H17F3N2O3S. The second-order valence-corrected chi connectivity index (χ2v) is 8.18. The molecule has 0 heterocycles. The normalized spacial score (nSPS) is 11.7. The van der Waals surface area contributed by atoms with Crippen molar-refractivity contribution in [1.29, 1.82) is 0 Å². The minimum Gasteiger partial charge on any atom is -0.321 e. The van der Waals surface area contributed by atoms with Gasteiger partial charge in [0.05, 0.1) is 16.1 Å². The van der Waals surface area contributed by atoms with Crippen molar-refractivity contribution < 1.29 is 26.4 Å². The fraction of sp³-hybridized carbons (Fsp3) is 0.0952. The highest BCUT2D eigenvalue weighted by Crippen LogP contribution is 2.34. The topological polar surface area (TPSA) is 75.3 Å².